The van der Waals surface area contributed by atoms with E-state index in [9.17, 15) is 9.90 Å². The average Bonchev–Trinajstić information content (AvgIpc) is 2.92. The van der Waals surface area contributed by atoms with Crippen LogP contribution in [0.3, 0.4) is 0 Å². The molecule has 0 aliphatic heterocycles. The number of para-hydroxylation sites is 1. The molecule has 118 valence electrons. The standard InChI is InChI=1S/C18H24N2O2/c1-13(2)15-6-5-7-16(14(3)4)18(15)20-11-10-19(12-20)9-8-17(21)22/h5-7,10-14H,8-9H2,1-4H3. The van der Waals surface area contributed by atoms with Gasteiger partial charge in [-0.2, -0.15) is 0 Å². The van der Waals surface area contributed by atoms with E-state index in [1.807, 2.05) is 23.3 Å². The van der Waals surface area contributed by atoms with Crippen LogP contribution in [0.5, 0.6) is 0 Å². The molecule has 1 aromatic carbocycles. The molecule has 4 heteroatoms. The first kappa shape index (κ1) is 16.3. The van der Waals surface area contributed by atoms with Crippen molar-refractivity contribution in [3.63, 3.8) is 0 Å². The van der Waals surface area contributed by atoms with E-state index in [2.05, 4.69) is 50.5 Å². The van der Waals surface area contributed by atoms with Gasteiger partial charge in [0.25, 0.3) is 0 Å². The molecule has 0 bridgehead atoms. The summed E-state index contributed by atoms with van der Waals surface area (Å²) in [5, 5.41) is 10.6. The lowest BCUT2D eigenvalue weighted by Gasteiger charge is -2.16. The molecule has 0 radical (unpaired) electrons. The molecule has 0 amide bonds. The molecule has 2 aromatic rings. The van der Waals surface area contributed by atoms with E-state index in [1.165, 1.54) is 16.8 Å². The van der Waals surface area contributed by atoms with Gasteiger partial charge in [-0.25, -0.2) is 9.13 Å². The van der Waals surface area contributed by atoms with Gasteiger partial charge in [0.2, 0.25) is 6.33 Å². The number of nitrogens with zero attached hydrogens (tertiary/aromatic N) is 2. The van der Waals surface area contributed by atoms with Crippen LogP contribution in [0, 0.1) is 0 Å². The third kappa shape index (κ3) is 3.56. The third-order valence-electron chi connectivity index (χ3n) is 3.87. The summed E-state index contributed by atoms with van der Waals surface area (Å²) in [6.07, 6.45) is 5.88. The van der Waals surface area contributed by atoms with E-state index >= 15 is 0 Å². The molecule has 1 heterocycles. The van der Waals surface area contributed by atoms with Crippen LogP contribution in [0.25, 0.3) is 5.69 Å². The highest BCUT2D eigenvalue weighted by Gasteiger charge is 2.19. The second-order valence-electron chi connectivity index (χ2n) is 6.28. The van der Waals surface area contributed by atoms with Crippen molar-refractivity contribution in [2.45, 2.75) is 52.5 Å². The van der Waals surface area contributed by atoms with E-state index in [0.29, 0.717) is 18.4 Å². The molecular formula is C18H24N2O2. The maximum absolute atomic E-state index is 10.6. The first-order valence-electron chi connectivity index (χ1n) is 7.80. The first-order chi connectivity index (χ1) is 10.4. The zero-order chi connectivity index (χ0) is 16.3. The van der Waals surface area contributed by atoms with Gasteiger partial charge < -0.3 is 9.90 Å². The molecular weight excluding hydrogens is 276 g/mol. The lowest BCUT2D eigenvalue weighted by atomic mass is 9.92. The third-order valence-corrected chi connectivity index (χ3v) is 3.87. The second kappa shape index (κ2) is 6.77. The van der Waals surface area contributed by atoms with Gasteiger partial charge in [0.15, 0.2) is 0 Å². The molecule has 22 heavy (non-hydrogen) atoms. The Hall–Kier alpha value is -2.10. The summed E-state index contributed by atoms with van der Waals surface area (Å²) in [6, 6.07) is 6.44. The number of hydrogen-bond donors (Lipinski definition) is 0. The monoisotopic (exact) mass is 300 g/mol. The number of hydrogen-bond acceptors (Lipinski definition) is 2. The zero-order valence-corrected chi connectivity index (χ0v) is 13.7. The van der Waals surface area contributed by atoms with Crippen LogP contribution in [0.4, 0.5) is 0 Å². The van der Waals surface area contributed by atoms with Gasteiger partial charge in [-0.1, -0.05) is 45.9 Å². The molecule has 1 aromatic heterocycles. The molecule has 0 atom stereocenters. The summed E-state index contributed by atoms with van der Waals surface area (Å²) < 4.78 is 3.98. The minimum absolute atomic E-state index is 0.0253. The summed E-state index contributed by atoms with van der Waals surface area (Å²) in [7, 11) is 0. The number of carboxylic acid groups (broad SMARTS) is 1. The Bertz CT molecular complexity index is 631. The van der Waals surface area contributed by atoms with Gasteiger partial charge in [0, 0.05) is 23.5 Å². The predicted octanol–water partition coefficient (Wildman–Crippen LogP) is 2.15. The van der Waals surface area contributed by atoms with Crippen LogP contribution in [-0.4, -0.2) is 10.5 Å². The highest BCUT2D eigenvalue weighted by Crippen LogP contribution is 2.30. The molecule has 0 spiro atoms. The Morgan fingerprint density at radius 3 is 2.27 bits per heavy atom. The minimum atomic E-state index is -1.02. The summed E-state index contributed by atoms with van der Waals surface area (Å²) in [5.74, 6) is -0.175. The highest BCUT2D eigenvalue weighted by atomic mass is 16.4. The van der Waals surface area contributed by atoms with Crippen LogP contribution in [0.1, 0.15) is 57.1 Å². The van der Waals surface area contributed by atoms with Gasteiger partial charge in [-0.15, -0.1) is 0 Å². The van der Waals surface area contributed by atoms with Gasteiger partial charge >= 0.3 is 0 Å². The van der Waals surface area contributed by atoms with E-state index in [1.54, 1.807) is 0 Å². The topological polar surface area (TPSA) is 48.9 Å². The lowest BCUT2D eigenvalue weighted by molar-refractivity contribution is -0.695. The molecule has 0 aliphatic rings. The number of aromatic nitrogens is 2. The number of benzene rings is 1. The quantitative estimate of drug-likeness (QED) is 0.768. The number of imidazole rings is 1. The Morgan fingerprint density at radius 1 is 1.18 bits per heavy atom. The van der Waals surface area contributed by atoms with E-state index in [-0.39, 0.29) is 6.42 Å². The fraction of sp³-hybridized carbons (Fsp3) is 0.444. The van der Waals surface area contributed by atoms with E-state index < -0.39 is 5.97 Å². The average molecular weight is 300 g/mol. The number of aryl methyl sites for hydroxylation is 1. The molecule has 0 aliphatic carbocycles. The molecule has 2 rings (SSSR count). The SMILES string of the molecule is CC(C)c1cccc(C(C)C)c1-n1cc[n+](CCC(=O)[O-])c1. The number of aliphatic carboxylic acids is 1. The van der Waals surface area contributed by atoms with E-state index in [4.69, 9.17) is 0 Å². The van der Waals surface area contributed by atoms with Crippen molar-refractivity contribution in [3.05, 3.63) is 48.0 Å². The Balaban J connectivity index is 2.44. The van der Waals surface area contributed by atoms with Crippen molar-refractivity contribution < 1.29 is 14.5 Å². The van der Waals surface area contributed by atoms with Crippen LogP contribution >= 0.6 is 0 Å². The molecule has 0 unspecified atom stereocenters. The van der Waals surface area contributed by atoms with Crippen molar-refractivity contribution >= 4 is 5.97 Å². The largest absolute Gasteiger partial charge is 0.550 e. The van der Waals surface area contributed by atoms with Crippen LogP contribution in [0.15, 0.2) is 36.9 Å². The van der Waals surface area contributed by atoms with Crippen LogP contribution in [0.2, 0.25) is 0 Å². The van der Waals surface area contributed by atoms with Crippen molar-refractivity contribution in [3.8, 4) is 5.69 Å². The van der Waals surface area contributed by atoms with Crippen molar-refractivity contribution in [2.24, 2.45) is 0 Å². The number of carboxylic acids is 1. The maximum atomic E-state index is 10.6. The lowest BCUT2D eigenvalue weighted by Crippen LogP contribution is -2.35. The summed E-state index contributed by atoms with van der Waals surface area (Å²) in [6.45, 7) is 9.19. The van der Waals surface area contributed by atoms with Gasteiger partial charge in [0.05, 0.1) is 6.54 Å². The molecule has 0 saturated heterocycles. The molecule has 4 nitrogen and oxygen atoms in total. The fourth-order valence-corrected chi connectivity index (χ4v) is 2.69. The number of carbonyl (C=O) groups excluding carboxylic acids is 1. The zero-order valence-electron chi connectivity index (χ0n) is 13.7. The molecule has 0 saturated carbocycles. The van der Waals surface area contributed by atoms with Gasteiger partial charge in [-0.3, -0.25) is 0 Å². The summed E-state index contributed by atoms with van der Waals surface area (Å²) >= 11 is 0. The molecule has 0 N–H and O–H groups in total. The summed E-state index contributed by atoms with van der Waals surface area (Å²) in [5.41, 5.74) is 3.81. The first-order valence-corrected chi connectivity index (χ1v) is 7.80. The van der Waals surface area contributed by atoms with Crippen LogP contribution in [-0.2, 0) is 11.3 Å². The normalized spacial score (nSPS) is 11.4. The van der Waals surface area contributed by atoms with Crippen LogP contribution < -0.4 is 9.67 Å². The van der Waals surface area contributed by atoms with Crippen molar-refractivity contribution in [2.75, 3.05) is 0 Å². The minimum Gasteiger partial charge on any atom is -0.550 e. The smallest absolute Gasteiger partial charge is 0.249 e. The Morgan fingerprint density at radius 2 is 1.77 bits per heavy atom. The van der Waals surface area contributed by atoms with Crippen molar-refractivity contribution in [1.82, 2.24) is 4.57 Å². The predicted molar refractivity (Wildman–Crippen MR) is 83.8 cm³/mol. The maximum Gasteiger partial charge on any atom is 0.249 e. The van der Waals surface area contributed by atoms with E-state index in [0.717, 1.165) is 0 Å². The summed E-state index contributed by atoms with van der Waals surface area (Å²) in [4.78, 5) is 10.6. The molecule has 0 fully saturated rings. The highest BCUT2D eigenvalue weighted by molar-refractivity contribution is 5.63. The second-order valence-corrected chi connectivity index (χ2v) is 6.28. The number of rotatable bonds is 6. The van der Waals surface area contributed by atoms with Gasteiger partial charge in [-0.05, 0) is 11.8 Å². The van der Waals surface area contributed by atoms with Gasteiger partial charge in [0.1, 0.15) is 18.1 Å². The van der Waals surface area contributed by atoms with Crippen molar-refractivity contribution in [1.29, 1.82) is 0 Å². The Kier molecular flexibility index (Phi) is 5.01. The Labute approximate surface area is 132 Å². The fourth-order valence-electron chi connectivity index (χ4n) is 2.69. The number of carbonyl (C=O) groups is 1.